The molecule has 0 fully saturated rings. The molecule has 15 heavy (non-hydrogen) atoms. The van der Waals surface area contributed by atoms with Crippen molar-refractivity contribution in [2.45, 2.75) is 26.3 Å². The third-order valence-electron chi connectivity index (χ3n) is 2.18. The van der Waals surface area contributed by atoms with Gasteiger partial charge in [0.2, 0.25) is 5.91 Å². The molecule has 1 amide bonds. The minimum absolute atomic E-state index is 0.0389. The molecule has 88 valence electrons. The third kappa shape index (κ3) is 5.21. The molecule has 0 aromatic carbocycles. The molecule has 0 saturated carbocycles. The van der Waals surface area contributed by atoms with Crippen molar-refractivity contribution in [1.82, 2.24) is 10.2 Å². The van der Waals surface area contributed by atoms with E-state index in [2.05, 4.69) is 10.5 Å². The predicted molar refractivity (Wildman–Crippen MR) is 58.8 cm³/mol. The molecule has 0 aromatic rings. The topological polar surface area (TPSA) is 91.0 Å². The fourth-order valence-corrected chi connectivity index (χ4v) is 1.04. The van der Waals surface area contributed by atoms with Gasteiger partial charge in [-0.05, 0) is 13.8 Å². The van der Waals surface area contributed by atoms with Crippen LogP contribution in [0.5, 0.6) is 0 Å². The molecule has 0 rings (SSSR count). The molecule has 1 unspecified atom stereocenters. The summed E-state index contributed by atoms with van der Waals surface area (Å²) in [7, 11) is 1.75. The molecule has 0 radical (unpaired) electrons. The van der Waals surface area contributed by atoms with Crippen molar-refractivity contribution in [3.8, 4) is 0 Å². The van der Waals surface area contributed by atoms with Crippen LogP contribution in [-0.2, 0) is 4.79 Å². The zero-order chi connectivity index (χ0) is 11.8. The second-order valence-corrected chi connectivity index (χ2v) is 3.37. The van der Waals surface area contributed by atoms with E-state index in [1.54, 1.807) is 18.9 Å². The number of oxime groups is 1. The van der Waals surface area contributed by atoms with Gasteiger partial charge in [0.15, 0.2) is 0 Å². The largest absolute Gasteiger partial charge is 0.409 e. The Balaban J connectivity index is 3.83. The van der Waals surface area contributed by atoms with E-state index in [4.69, 9.17) is 10.9 Å². The minimum Gasteiger partial charge on any atom is -0.409 e. The molecule has 0 aliphatic heterocycles. The van der Waals surface area contributed by atoms with Crippen molar-refractivity contribution in [1.29, 1.82) is 0 Å². The average molecular weight is 216 g/mol. The molecule has 0 aromatic heterocycles. The van der Waals surface area contributed by atoms with Crippen LogP contribution in [0.3, 0.4) is 0 Å². The maximum Gasteiger partial charge on any atom is 0.239 e. The number of carbonyl (C=O) groups excluding carboxylic acids is 1. The Hall–Kier alpha value is -1.30. The van der Waals surface area contributed by atoms with Crippen LogP contribution in [-0.4, -0.2) is 48.0 Å². The number of amides is 1. The minimum atomic E-state index is -0.249. The molecule has 0 heterocycles. The van der Waals surface area contributed by atoms with Crippen LogP contribution in [0.1, 0.15) is 20.3 Å². The summed E-state index contributed by atoms with van der Waals surface area (Å²) >= 11 is 0. The number of nitrogens with two attached hydrogens (primary N) is 1. The highest BCUT2D eigenvalue weighted by molar-refractivity contribution is 5.81. The molecule has 0 spiro atoms. The number of nitrogens with zero attached hydrogens (tertiary/aromatic N) is 2. The summed E-state index contributed by atoms with van der Waals surface area (Å²) in [4.78, 5) is 13.2. The summed E-state index contributed by atoms with van der Waals surface area (Å²) in [5.41, 5.74) is 5.29. The van der Waals surface area contributed by atoms with Gasteiger partial charge in [-0.3, -0.25) is 4.79 Å². The van der Waals surface area contributed by atoms with E-state index in [9.17, 15) is 4.79 Å². The Bertz CT molecular complexity index is 230. The van der Waals surface area contributed by atoms with E-state index in [-0.39, 0.29) is 17.8 Å². The van der Waals surface area contributed by atoms with Crippen LogP contribution >= 0.6 is 0 Å². The number of likely N-dealkylation sites (N-methyl/N-ethyl adjacent to an activating group) is 1. The summed E-state index contributed by atoms with van der Waals surface area (Å²) in [6.45, 7) is 4.91. The number of rotatable bonds is 6. The van der Waals surface area contributed by atoms with E-state index in [1.807, 2.05) is 6.92 Å². The predicted octanol–water partition coefficient (Wildman–Crippen LogP) is -0.421. The Morgan fingerprint density at radius 1 is 1.67 bits per heavy atom. The van der Waals surface area contributed by atoms with Crippen LogP contribution in [0.4, 0.5) is 0 Å². The molecule has 0 aliphatic rings. The number of nitrogens with one attached hydrogen (secondary N) is 1. The summed E-state index contributed by atoms with van der Waals surface area (Å²) in [5, 5.41) is 14.1. The number of amidine groups is 1. The first-order chi connectivity index (χ1) is 7.02. The van der Waals surface area contributed by atoms with E-state index >= 15 is 0 Å². The molecule has 6 nitrogen and oxygen atoms in total. The zero-order valence-electron chi connectivity index (χ0n) is 9.53. The first-order valence-electron chi connectivity index (χ1n) is 4.97. The van der Waals surface area contributed by atoms with E-state index in [0.29, 0.717) is 19.5 Å². The number of hydrogen-bond acceptors (Lipinski definition) is 4. The van der Waals surface area contributed by atoms with Gasteiger partial charge in [0.25, 0.3) is 0 Å². The van der Waals surface area contributed by atoms with Crippen LogP contribution in [0.2, 0.25) is 0 Å². The van der Waals surface area contributed by atoms with Crippen molar-refractivity contribution in [3.05, 3.63) is 0 Å². The smallest absolute Gasteiger partial charge is 0.239 e. The van der Waals surface area contributed by atoms with Crippen LogP contribution in [0.25, 0.3) is 0 Å². The normalized spacial score (nSPS) is 13.7. The standard InChI is InChI=1S/C9H20N4O2/c1-4-13(3)9(14)7(2)11-6-5-8(10)12-15/h7,11,15H,4-6H2,1-3H3,(H2,10,12). The van der Waals surface area contributed by atoms with Crippen LogP contribution < -0.4 is 11.1 Å². The van der Waals surface area contributed by atoms with Gasteiger partial charge in [0.1, 0.15) is 5.84 Å². The van der Waals surface area contributed by atoms with Gasteiger partial charge in [-0.15, -0.1) is 0 Å². The summed E-state index contributed by atoms with van der Waals surface area (Å²) in [6, 6.07) is -0.249. The Kier molecular flexibility index (Phi) is 6.44. The SMILES string of the molecule is CCN(C)C(=O)C(C)NCCC(N)=NO. The van der Waals surface area contributed by atoms with Crippen molar-refractivity contribution >= 4 is 11.7 Å². The molecule has 1 atom stereocenters. The quantitative estimate of drug-likeness (QED) is 0.243. The Labute approximate surface area is 90.1 Å². The molecule has 0 saturated heterocycles. The fourth-order valence-electron chi connectivity index (χ4n) is 1.04. The van der Waals surface area contributed by atoms with Gasteiger partial charge in [-0.2, -0.15) is 0 Å². The number of carbonyl (C=O) groups is 1. The number of hydrogen-bond donors (Lipinski definition) is 3. The lowest BCUT2D eigenvalue weighted by molar-refractivity contribution is -0.131. The highest BCUT2D eigenvalue weighted by Gasteiger charge is 2.14. The highest BCUT2D eigenvalue weighted by Crippen LogP contribution is 1.91. The maximum absolute atomic E-state index is 11.6. The van der Waals surface area contributed by atoms with E-state index < -0.39 is 0 Å². The second-order valence-electron chi connectivity index (χ2n) is 3.37. The van der Waals surface area contributed by atoms with E-state index in [1.165, 1.54) is 0 Å². The van der Waals surface area contributed by atoms with Crippen molar-refractivity contribution < 1.29 is 10.0 Å². The molecule has 4 N–H and O–H groups in total. The average Bonchev–Trinajstić information content (AvgIpc) is 2.26. The van der Waals surface area contributed by atoms with E-state index in [0.717, 1.165) is 0 Å². The lowest BCUT2D eigenvalue weighted by Gasteiger charge is -2.20. The van der Waals surface area contributed by atoms with Gasteiger partial charge < -0.3 is 21.2 Å². The third-order valence-corrected chi connectivity index (χ3v) is 2.18. The lowest BCUT2D eigenvalue weighted by Crippen LogP contribution is -2.43. The van der Waals surface area contributed by atoms with Crippen molar-refractivity contribution in [2.24, 2.45) is 10.9 Å². The molecule has 0 bridgehead atoms. The lowest BCUT2D eigenvalue weighted by atomic mass is 10.2. The van der Waals surface area contributed by atoms with Crippen LogP contribution in [0, 0.1) is 0 Å². The van der Waals surface area contributed by atoms with Gasteiger partial charge in [0, 0.05) is 26.6 Å². The molecule has 6 heteroatoms. The van der Waals surface area contributed by atoms with Crippen molar-refractivity contribution in [2.75, 3.05) is 20.1 Å². The van der Waals surface area contributed by atoms with Gasteiger partial charge in [-0.25, -0.2) is 0 Å². The van der Waals surface area contributed by atoms with Gasteiger partial charge >= 0.3 is 0 Å². The van der Waals surface area contributed by atoms with Gasteiger partial charge in [-0.1, -0.05) is 5.16 Å². The Morgan fingerprint density at radius 3 is 2.73 bits per heavy atom. The molecule has 0 aliphatic carbocycles. The molecular formula is C9H20N4O2. The fraction of sp³-hybridized carbons (Fsp3) is 0.778. The summed E-state index contributed by atoms with van der Waals surface area (Å²) in [5.74, 6) is 0.197. The zero-order valence-corrected chi connectivity index (χ0v) is 9.53. The summed E-state index contributed by atoms with van der Waals surface area (Å²) in [6.07, 6.45) is 0.421. The second kappa shape index (κ2) is 7.05. The monoisotopic (exact) mass is 216 g/mol. The Morgan fingerprint density at radius 2 is 2.27 bits per heavy atom. The van der Waals surface area contributed by atoms with Crippen molar-refractivity contribution in [3.63, 3.8) is 0 Å². The van der Waals surface area contributed by atoms with Crippen LogP contribution in [0.15, 0.2) is 5.16 Å². The first-order valence-corrected chi connectivity index (χ1v) is 4.97. The maximum atomic E-state index is 11.6. The highest BCUT2D eigenvalue weighted by atomic mass is 16.4. The first kappa shape index (κ1) is 13.7. The molecular weight excluding hydrogens is 196 g/mol. The summed E-state index contributed by atoms with van der Waals surface area (Å²) < 4.78 is 0. The van der Waals surface area contributed by atoms with Gasteiger partial charge in [0.05, 0.1) is 6.04 Å².